The summed E-state index contributed by atoms with van der Waals surface area (Å²) in [4.78, 5) is 0. The highest BCUT2D eigenvalue weighted by molar-refractivity contribution is 8.77. The Bertz CT molecular complexity index is 81.6. The number of nitrogens with one attached hydrogen (secondary N) is 1. The van der Waals surface area contributed by atoms with E-state index in [0.29, 0.717) is 5.09 Å². The zero-order valence-corrected chi connectivity index (χ0v) is 4.47. The lowest BCUT2D eigenvalue weighted by Crippen LogP contribution is -1.78. The summed E-state index contributed by atoms with van der Waals surface area (Å²) in [6.07, 6.45) is 1.55. The van der Waals surface area contributed by atoms with Crippen LogP contribution in [0.2, 0.25) is 0 Å². The summed E-state index contributed by atoms with van der Waals surface area (Å²) in [5, 5.41) is 8.82. The molecule has 0 aromatic rings. The molecular weight excluding hydrogens is 118 g/mol. The predicted octanol–water partition coefficient (Wildman–Crippen LogP) is 1.24. The molecule has 0 atom stereocenters. The molecule has 1 aliphatic rings. The Morgan fingerprint density at radius 3 is 2.83 bits per heavy atom. The lowest BCUT2D eigenvalue weighted by Gasteiger charge is -1.77. The van der Waals surface area contributed by atoms with Crippen molar-refractivity contribution in [3.8, 4) is 0 Å². The lowest BCUT2D eigenvalue weighted by atomic mass is 11.0. The molecule has 6 heavy (non-hydrogen) atoms. The minimum absolute atomic E-state index is 0.347. The van der Waals surface area contributed by atoms with Crippen molar-refractivity contribution < 1.29 is 5.11 Å². The van der Waals surface area contributed by atoms with Gasteiger partial charge in [-0.2, -0.15) is 0 Å². The summed E-state index contributed by atoms with van der Waals surface area (Å²) in [6, 6.07) is 0. The third-order valence-corrected chi connectivity index (χ3v) is 1.99. The lowest BCUT2D eigenvalue weighted by molar-refractivity contribution is 0.456. The molecule has 1 heterocycles. The van der Waals surface area contributed by atoms with Crippen molar-refractivity contribution in [2.45, 2.75) is 0 Å². The highest BCUT2D eigenvalue weighted by atomic mass is 33.1. The Morgan fingerprint density at radius 2 is 2.67 bits per heavy atom. The van der Waals surface area contributed by atoms with Crippen molar-refractivity contribution in [3.63, 3.8) is 0 Å². The van der Waals surface area contributed by atoms with Crippen molar-refractivity contribution in [2.75, 3.05) is 0 Å². The fourth-order valence-corrected chi connectivity index (χ4v) is 1.33. The Balaban J connectivity index is 2.45. The summed E-state index contributed by atoms with van der Waals surface area (Å²) in [5.41, 5.74) is 0. The molecule has 0 radical (unpaired) electrons. The van der Waals surface area contributed by atoms with E-state index in [2.05, 4.69) is 4.72 Å². The van der Waals surface area contributed by atoms with E-state index in [1.54, 1.807) is 6.20 Å². The fraction of sp³-hybridized carbons (Fsp3) is 0. The molecule has 4 heteroatoms. The van der Waals surface area contributed by atoms with Gasteiger partial charge in [-0.3, -0.25) is 0 Å². The number of hydrogen-bond donors (Lipinski definition) is 2. The fourth-order valence-electron chi connectivity index (χ4n) is 0.165. The molecule has 0 saturated heterocycles. The molecule has 34 valence electrons. The van der Waals surface area contributed by atoms with E-state index in [1.165, 1.54) is 21.8 Å². The maximum atomic E-state index is 8.47. The van der Waals surface area contributed by atoms with Gasteiger partial charge in [0.05, 0.1) is 6.20 Å². The van der Waals surface area contributed by atoms with Crippen molar-refractivity contribution in [1.29, 1.82) is 0 Å². The first-order chi connectivity index (χ1) is 2.89. The second-order valence-electron chi connectivity index (χ2n) is 0.767. The molecular formula is C2H3NOS2. The van der Waals surface area contributed by atoms with Crippen molar-refractivity contribution in [1.82, 2.24) is 4.72 Å². The standard InChI is InChI=1S/C2H3NOS2/c4-2-1-3-6-5-2/h1,3-4H. The van der Waals surface area contributed by atoms with Gasteiger partial charge < -0.3 is 9.83 Å². The molecule has 2 N–H and O–H groups in total. The van der Waals surface area contributed by atoms with Crippen molar-refractivity contribution in [2.24, 2.45) is 0 Å². The van der Waals surface area contributed by atoms with Crippen LogP contribution in [-0.4, -0.2) is 5.11 Å². The number of aliphatic hydroxyl groups is 1. The summed E-state index contributed by atoms with van der Waals surface area (Å²) in [5.74, 6) is 0. The smallest absolute Gasteiger partial charge is 0.179 e. The van der Waals surface area contributed by atoms with Crippen LogP contribution in [0, 0.1) is 0 Å². The molecule has 2 nitrogen and oxygen atoms in total. The average Bonchev–Trinajstić information content (AvgIpc) is 1.86. The first-order valence-corrected chi connectivity index (χ1v) is 3.53. The van der Waals surface area contributed by atoms with Gasteiger partial charge in [-0.25, -0.2) is 0 Å². The van der Waals surface area contributed by atoms with E-state index < -0.39 is 0 Å². The normalized spacial score (nSPS) is 19.7. The minimum Gasteiger partial charge on any atom is -0.500 e. The van der Waals surface area contributed by atoms with Crippen LogP contribution in [-0.2, 0) is 0 Å². The van der Waals surface area contributed by atoms with Gasteiger partial charge in [0.15, 0.2) is 5.09 Å². The summed E-state index contributed by atoms with van der Waals surface area (Å²) in [7, 11) is 2.73. The maximum Gasteiger partial charge on any atom is 0.179 e. The van der Waals surface area contributed by atoms with Gasteiger partial charge in [-0.05, 0) is 0 Å². The summed E-state index contributed by atoms with van der Waals surface area (Å²) in [6.45, 7) is 0. The molecule has 0 aromatic carbocycles. The predicted molar refractivity (Wildman–Crippen MR) is 29.0 cm³/mol. The van der Waals surface area contributed by atoms with Crippen LogP contribution in [0.25, 0.3) is 0 Å². The SMILES string of the molecule is OC1=CNSS1. The third-order valence-electron chi connectivity index (χ3n) is 0.358. The first kappa shape index (κ1) is 4.21. The van der Waals surface area contributed by atoms with Crippen LogP contribution in [0.15, 0.2) is 11.3 Å². The Labute approximate surface area is 43.5 Å². The summed E-state index contributed by atoms with van der Waals surface area (Å²) < 4.78 is 2.74. The molecule has 0 saturated carbocycles. The maximum absolute atomic E-state index is 8.47. The van der Waals surface area contributed by atoms with Gasteiger partial charge in [0.1, 0.15) is 0 Å². The number of rotatable bonds is 0. The zero-order valence-electron chi connectivity index (χ0n) is 2.84. The highest BCUT2D eigenvalue weighted by Crippen LogP contribution is 2.29. The Kier molecular flexibility index (Phi) is 1.16. The molecule has 0 spiro atoms. The van der Waals surface area contributed by atoms with E-state index in [1.807, 2.05) is 0 Å². The monoisotopic (exact) mass is 121 g/mol. The van der Waals surface area contributed by atoms with E-state index in [-0.39, 0.29) is 0 Å². The summed E-state index contributed by atoms with van der Waals surface area (Å²) >= 11 is 0. The topological polar surface area (TPSA) is 32.3 Å². The molecule has 0 fully saturated rings. The molecule has 0 bridgehead atoms. The minimum atomic E-state index is 0.347. The van der Waals surface area contributed by atoms with E-state index in [4.69, 9.17) is 5.11 Å². The van der Waals surface area contributed by atoms with Crippen LogP contribution in [0.1, 0.15) is 0 Å². The number of aliphatic hydroxyl groups excluding tert-OH is 1. The van der Waals surface area contributed by atoms with Gasteiger partial charge in [0.2, 0.25) is 0 Å². The van der Waals surface area contributed by atoms with Gasteiger partial charge in [0, 0.05) is 21.8 Å². The van der Waals surface area contributed by atoms with E-state index in [9.17, 15) is 0 Å². The molecule has 0 unspecified atom stereocenters. The highest BCUT2D eigenvalue weighted by Gasteiger charge is 1.99. The van der Waals surface area contributed by atoms with Crippen LogP contribution < -0.4 is 4.72 Å². The van der Waals surface area contributed by atoms with Crippen LogP contribution in [0.4, 0.5) is 0 Å². The largest absolute Gasteiger partial charge is 0.500 e. The quantitative estimate of drug-likeness (QED) is 0.373. The average molecular weight is 121 g/mol. The Hall–Kier alpha value is 0.0400. The molecule has 1 aliphatic heterocycles. The Morgan fingerprint density at radius 1 is 1.83 bits per heavy atom. The van der Waals surface area contributed by atoms with Crippen LogP contribution in [0.5, 0.6) is 0 Å². The molecule has 1 rings (SSSR count). The van der Waals surface area contributed by atoms with Crippen molar-refractivity contribution in [3.05, 3.63) is 11.3 Å². The van der Waals surface area contributed by atoms with E-state index in [0.717, 1.165) is 0 Å². The van der Waals surface area contributed by atoms with Gasteiger partial charge in [-0.15, -0.1) is 0 Å². The second-order valence-corrected chi connectivity index (χ2v) is 2.75. The zero-order chi connectivity index (χ0) is 4.41. The third kappa shape index (κ3) is 0.753. The molecule has 0 aliphatic carbocycles. The van der Waals surface area contributed by atoms with Crippen LogP contribution in [0.3, 0.4) is 0 Å². The van der Waals surface area contributed by atoms with Crippen LogP contribution >= 0.6 is 21.8 Å². The second kappa shape index (κ2) is 1.66. The van der Waals surface area contributed by atoms with E-state index >= 15 is 0 Å². The molecule has 0 aromatic heterocycles. The number of hydrogen-bond acceptors (Lipinski definition) is 4. The first-order valence-electron chi connectivity index (χ1n) is 1.38. The van der Waals surface area contributed by atoms with Gasteiger partial charge in [0.25, 0.3) is 0 Å². The van der Waals surface area contributed by atoms with Gasteiger partial charge >= 0.3 is 0 Å². The van der Waals surface area contributed by atoms with Crippen molar-refractivity contribution >= 4 is 21.8 Å². The molecule has 0 amide bonds. The van der Waals surface area contributed by atoms with Gasteiger partial charge in [-0.1, -0.05) is 0 Å².